The number of aromatic nitrogens is 1. The lowest BCUT2D eigenvalue weighted by atomic mass is 10.1. The molecule has 2 amide bonds. The number of nitrogens with one attached hydrogen (secondary N) is 2. The summed E-state index contributed by atoms with van der Waals surface area (Å²) in [7, 11) is 0. The number of nitrogens with zero attached hydrogens (tertiary/aromatic N) is 2. The van der Waals surface area contributed by atoms with Gasteiger partial charge in [0.25, 0.3) is 11.8 Å². The molecule has 1 heterocycles. The Kier molecular flexibility index (Phi) is 6.08. The van der Waals surface area contributed by atoms with Gasteiger partial charge in [0.2, 0.25) is 0 Å². The minimum absolute atomic E-state index is 0.117. The van der Waals surface area contributed by atoms with Crippen molar-refractivity contribution in [2.45, 2.75) is 13.8 Å². The fraction of sp³-hybridized carbons (Fsp3) is 0.0870. The van der Waals surface area contributed by atoms with Gasteiger partial charge in [0.15, 0.2) is 0 Å². The zero-order valence-corrected chi connectivity index (χ0v) is 16.4. The van der Waals surface area contributed by atoms with E-state index in [2.05, 4.69) is 10.7 Å². The minimum Gasteiger partial charge on any atom is -0.321 e. The van der Waals surface area contributed by atoms with Crippen molar-refractivity contribution in [3.05, 3.63) is 94.6 Å². The summed E-state index contributed by atoms with van der Waals surface area (Å²) >= 11 is 0. The number of nitriles is 1. The predicted molar refractivity (Wildman–Crippen MR) is 113 cm³/mol. The van der Waals surface area contributed by atoms with Crippen LogP contribution in [-0.4, -0.2) is 16.5 Å². The van der Waals surface area contributed by atoms with Gasteiger partial charge in [-0.05, 0) is 68.0 Å². The third kappa shape index (κ3) is 4.62. The van der Waals surface area contributed by atoms with Crippen molar-refractivity contribution in [1.29, 1.82) is 5.26 Å². The molecule has 6 nitrogen and oxygen atoms in total. The third-order valence-corrected chi connectivity index (χ3v) is 4.49. The van der Waals surface area contributed by atoms with E-state index in [-0.39, 0.29) is 11.5 Å². The third-order valence-electron chi connectivity index (χ3n) is 4.49. The molecule has 2 aromatic carbocycles. The molecule has 150 valence electrons. The van der Waals surface area contributed by atoms with Crippen molar-refractivity contribution in [3.63, 3.8) is 0 Å². The lowest BCUT2D eigenvalue weighted by Gasteiger charge is -2.11. The molecule has 0 unspecified atom stereocenters. The molecule has 0 bridgehead atoms. The number of hydrogen-bond donors (Lipinski definition) is 2. The Hall–Kier alpha value is -4.18. The maximum atomic E-state index is 13.0. The minimum atomic E-state index is -0.609. The maximum absolute atomic E-state index is 13.0. The first-order valence-corrected chi connectivity index (χ1v) is 9.13. The van der Waals surface area contributed by atoms with Crippen LogP contribution in [0, 0.1) is 31.0 Å². The molecular weight excluding hydrogens is 383 g/mol. The van der Waals surface area contributed by atoms with Crippen LogP contribution in [-0.2, 0) is 4.79 Å². The van der Waals surface area contributed by atoms with Gasteiger partial charge >= 0.3 is 0 Å². The van der Waals surface area contributed by atoms with Crippen LogP contribution in [0.2, 0.25) is 0 Å². The molecule has 0 fully saturated rings. The predicted octanol–water partition coefficient (Wildman–Crippen LogP) is 4.17. The van der Waals surface area contributed by atoms with Gasteiger partial charge in [-0.25, -0.2) is 4.39 Å². The van der Waals surface area contributed by atoms with E-state index in [1.165, 1.54) is 30.3 Å². The van der Waals surface area contributed by atoms with Gasteiger partial charge in [-0.2, -0.15) is 5.26 Å². The Labute approximate surface area is 173 Å². The molecule has 0 aliphatic heterocycles. The molecule has 7 heteroatoms. The van der Waals surface area contributed by atoms with Gasteiger partial charge in [0.05, 0.1) is 0 Å². The number of rotatable bonds is 5. The summed E-state index contributed by atoms with van der Waals surface area (Å²) in [5, 5.41) is 12.0. The van der Waals surface area contributed by atoms with Crippen molar-refractivity contribution in [3.8, 4) is 6.07 Å². The summed E-state index contributed by atoms with van der Waals surface area (Å²) < 4.78 is 14.6. The van der Waals surface area contributed by atoms with Crippen LogP contribution in [0.1, 0.15) is 27.3 Å². The van der Waals surface area contributed by atoms with Gasteiger partial charge < -0.3 is 5.32 Å². The zero-order chi connectivity index (χ0) is 21.7. The molecule has 0 aliphatic rings. The first-order valence-electron chi connectivity index (χ1n) is 9.13. The van der Waals surface area contributed by atoms with Crippen molar-refractivity contribution < 1.29 is 14.0 Å². The molecular formula is C23H19FN4O2. The SMILES string of the molecule is Cc1cc(/C=C(/C#N)C(=O)Nc2ccc(F)cc2)c(C)n1NC(=O)c1ccccc1. The highest BCUT2D eigenvalue weighted by molar-refractivity contribution is 6.09. The molecule has 0 radical (unpaired) electrons. The largest absolute Gasteiger partial charge is 0.321 e. The first-order chi connectivity index (χ1) is 14.4. The second kappa shape index (κ2) is 8.88. The van der Waals surface area contributed by atoms with E-state index in [0.717, 1.165) is 5.69 Å². The van der Waals surface area contributed by atoms with E-state index in [0.29, 0.717) is 22.5 Å². The average molecular weight is 402 g/mol. The number of anilines is 1. The molecule has 0 atom stereocenters. The van der Waals surface area contributed by atoms with Gasteiger partial charge in [-0.15, -0.1) is 0 Å². The van der Waals surface area contributed by atoms with E-state index >= 15 is 0 Å². The average Bonchev–Trinajstić information content (AvgIpc) is 3.01. The standard InChI is InChI=1S/C23H19FN4O2/c1-15-12-18(16(2)28(15)27-23(30)17-6-4-3-5-7-17)13-19(14-25)22(29)26-21-10-8-20(24)9-11-21/h3-13H,1-2H3,(H,26,29)(H,27,30)/b19-13-. The quantitative estimate of drug-likeness (QED) is 0.496. The molecule has 30 heavy (non-hydrogen) atoms. The number of benzene rings is 2. The zero-order valence-electron chi connectivity index (χ0n) is 16.4. The van der Waals surface area contributed by atoms with Gasteiger partial charge in [0.1, 0.15) is 17.5 Å². The number of amides is 2. The number of halogens is 1. The second-order valence-electron chi connectivity index (χ2n) is 6.60. The van der Waals surface area contributed by atoms with Crippen LogP contribution in [0.15, 0.2) is 66.2 Å². The monoisotopic (exact) mass is 402 g/mol. The summed E-state index contributed by atoms with van der Waals surface area (Å²) in [6, 6.07) is 17.7. The highest BCUT2D eigenvalue weighted by Gasteiger charge is 2.15. The van der Waals surface area contributed by atoms with Crippen molar-refractivity contribution in [2.24, 2.45) is 0 Å². The molecule has 0 aliphatic carbocycles. The maximum Gasteiger partial charge on any atom is 0.270 e. The van der Waals surface area contributed by atoms with Gasteiger partial charge in [-0.3, -0.25) is 19.7 Å². The topological polar surface area (TPSA) is 86.9 Å². The Bertz CT molecular complexity index is 1160. The Morgan fingerprint density at radius 3 is 2.37 bits per heavy atom. The van der Waals surface area contributed by atoms with E-state index in [9.17, 15) is 19.2 Å². The number of hydrogen-bond acceptors (Lipinski definition) is 3. The summed E-state index contributed by atoms with van der Waals surface area (Å²) in [6.07, 6.45) is 1.45. The van der Waals surface area contributed by atoms with Crippen LogP contribution in [0.4, 0.5) is 10.1 Å². The molecule has 3 rings (SSSR count). The van der Waals surface area contributed by atoms with Crippen LogP contribution in [0.5, 0.6) is 0 Å². The van der Waals surface area contributed by atoms with E-state index in [4.69, 9.17) is 0 Å². The van der Waals surface area contributed by atoms with Crippen molar-refractivity contribution >= 4 is 23.6 Å². The normalized spacial score (nSPS) is 10.9. The van der Waals surface area contributed by atoms with Crippen molar-refractivity contribution in [1.82, 2.24) is 4.68 Å². The van der Waals surface area contributed by atoms with E-state index in [1.54, 1.807) is 48.9 Å². The molecule has 1 aromatic heterocycles. The Morgan fingerprint density at radius 1 is 1.07 bits per heavy atom. The van der Waals surface area contributed by atoms with Crippen LogP contribution in [0.25, 0.3) is 6.08 Å². The lowest BCUT2D eigenvalue weighted by Crippen LogP contribution is -2.24. The highest BCUT2D eigenvalue weighted by Crippen LogP contribution is 2.18. The lowest BCUT2D eigenvalue weighted by molar-refractivity contribution is -0.112. The fourth-order valence-corrected chi connectivity index (χ4v) is 2.90. The van der Waals surface area contributed by atoms with E-state index in [1.807, 2.05) is 12.1 Å². The second-order valence-corrected chi connectivity index (χ2v) is 6.60. The summed E-state index contributed by atoms with van der Waals surface area (Å²) in [4.78, 5) is 24.9. The molecule has 3 aromatic rings. The summed E-state index contributed by atoms with van der Waals surface area (Å²) in [5.74, 6) is -1.31. The number of carbonyl (C=O) groups is 2. The molecule has 0 spiro atoms. The van der Waals surface area contributed by atoms with Gasteiger partial charge in [-0.1, -0.05) is 18.2 Å². The Morgan fingerprint density at radius 2 is 1.73 bits per heavy atom. The molecule has 2 N–H and O–H groups in total. The highest BCUT2D eigenvalue weighted by atomic mass is 19.1. The Balaban J connectivity index is 1.82. The summed E-state index contributed by atoms with van der Waals surface area (Å²) in [6.45, 7) is 3.58. The molecule has 0 saturated carbocycles. The smallest absolute Gasteiger partial charge is 0.270 e. The number of carbonyl (C=O) groups excluding carboxylic acids is 2. The van der Waals surface area contributed by atoms with Crippen molar-refractivity contribution in [2.75, 3.05) is 10.7 Å². The van der Waals surface area contributed by atoms with Crippen LogP contribution < -0.4 is 10.7 Å². The summed E-state index contributed by atoms with van der Waals surface area (Å²) in [5.41, 5.74) is 5.60. The first kappa shape index (κ1) is 20.6. The fourth-order valence-electron chi connectivity index (χ4n) is 2.90. The van der Waals surface area contributed by atoms with Gasteiger partial charge in [0, 0.05) is 22.6 Å². The van der Waals surface area contributed by atoms with Crippen LogP contribution >= 0.6 is 0 Å². The van der Waals surface area contributed by atoms with E-state index < -0.39 is 11.7 Å². The number of aryl methyl sites for hydroxylation is 1. The molecule has 0 saturated heterocycles. The van der Waals surface area contributed by atoms with Crippen LogP contribution in [0.3, 0.4) is 0 Å².